The summed E-state index contributed by atoms with van der Waals surface area (Å²) in [6, 6.07) is 7.77. The molecule has 0 amide bonds. The Labute approximate surface area is 90.0 Å². The molecule has 0 aliphatic rings. The fourth-order valence-corrected chi connectivity index (χ4v) is 1.39. The minimum Gasteiger partial charge on any atom is -0.396 e. The van der Waals surface area contributed by atoms with Crippen LogP contribution in [-0.2, 0) is 0 Å². The highest BCUT2D eigenvalue weighted by atomic mass is 35.5. The minimum atomic E-state index is 0.278. The lowest BCUT2D eigenvalue weighted by atomic mass is 10.1. The maximum Gasteiger partial charge on any atom is 0.0478 e. The van der Waals surface area contributed by atoms with Crippen molar-refractivity contribution in [2.45, 2.75) is 19.3 Å². The van der Waals surface area contributed by atoms with E-state index in [1.54, 1.807) is 0 Å². The molecule has 0 aliphatic carbocycles. The van der Waals surface area contributed by atoms with E-state index in [4.69, 9.17) is 16.7 Å². The zero-order valence-electron chi connectivity index (χ0n) is 8.12. The van der Waals surface area contributed by atoms with Crippen LogP contribution in [-0.4, -0.2) is 11.7 Å². The van der Waals surface area contributed by atoms with E-state index in [9.17, 15) is 0 Å². The van der Waals surface area contributed by atoms with Crippen LogP contribution in [0.1, 0.15) is 24.8 Å². The van der Waals surface area contributed by atoms with Crippen LogP contribution in [0, 0.1) is 0 Å². The van der Waals surface area contributed by atoms with Crippen LogP contribution in [0.25, 0.3) is 6.08 Å². The van der Waals surface area contributed by atoms with Gasteiger partial charge in [-0.3, -0.25) is 0 Å². The average Bonchev–Trinajstić information content (AvgIpc) is 2.20. The van der Waals surface area contributed by atoms with E-state index in [0.717, 1.165) is 29.8 Å². The van der Waals surface area contributed by atoms with Gasteiger partial charge in [-0.2, -0.15) is 0 Å². The lowest BCUT2D eigenvalue weighted by Gasteiger charge is -1.96. The normalized spacial score (nSPS) is 11.0. The van der Waals surface area contributed by atoms with Gasteiger partial charge in [0.15, 0.2) is 0 Å². The van der Waals surface area contributed by atoms with Crippen LogP contribution in [0.15, 0.2) is 30.3 Å². The number of aliphatic hydroxyl groups is 1. The molecule has 76 valence electrons. The summed E-state index contributed by atoms with van der Waals surface area (Å²) in [5.41, 5.74) is 1.05. The molecule has 1 aromatic rings. The smallest absolute Gasteiger partial charge is 0.0478 e. The Morgan fingerprint density at radius 1 is 1.21 bits per heavy atom. The molecule has 0 saturated heterocycles. The first kappa shape index (κ1) is 11.3. The maximum atomic E-state index is 8.58. The molecule has 1 nitrogen and oxygen atoms in total. The third-order valence-electron chi connectivity index (χ3n) is 1.98. The van der Waals surface area contributed by atoms with E-state index in [1.165, 1.54) is 0 Å². The predicted molar refractivity (Wildman–Crippen MR) is 61.4 cm³/mol. The van der Waals surface area contributed by atoms with Crippen LogP contribution in [0.4, 0.5) is 0 Å². The highest BCUT2D eigenvalue weighted by Crippen LogP contribution is 2.16. The molecule has 14 heavy (non-hydrogen) atoms. The molecule has 0 heterocycles. The number of unbranched alkanes of at least 4 members (excludes halogenated alkanes) is 2. The Morgan fingerprint density at radius 2 is 2.00 bits per heavy atom. The summed E-state index contributed by atoms with van der Waals surface area (Å²) >= 11 is 5.97. The van der Waals surface area contributed by atoms with Crippen molar-refractivity contribution in [1.29, 1.82) is 0 Å². The highest BCUT2D eigenvalue weighted by Gasteiger charge is 1.92. The third kappa shape index (κ3) is 3.95. The first-order valence-electron chi connectivity index (χ1n) is 4.86. The Balaban J connectivity index is 2.40. The second kappa shape index (κ2) is 6.63. The van der Waals surface area contributed by atoms with Crippen molar-refractivity contribution >= 4 is 17.7 Å². The molecule has 0 aliphatic heterocycles. The molecule has 2 heteroatoms. The SMILES string of the molecule is OCCCC/C=C/c1ccccc1Cl. The van der Waals surface area contributed by atoms with Crippen molar-refractivity contribution in [2.24, 2.45) is 0 Å². The number of halogens is 1. The van der Waals surface area contributed by atoms with Gasteiger partial charge in [-0.1, -0.05) is 42.0 Å². The van der Waals surface area contributed by atoms with Gasteiger partial charge in [0.2, 0.25) is 0 Å². The number of rotatable bonds is 5. The molecular weight excluding hydrogens is 196 g/mol. The summed E-state index contributed by atoms with van der Waals surface area (Å²) in [6.45, 7) is 0.278. The monoisotopic (exact) mass is 210 g/mol. The molecule has 1 aromatic carbocycles. The molecule has 0 aromatic heterocycles. The van der Waals surface area contributed by atoms with Crippen molar-refractivity contribution in [3.63, 3.8) is 0 Å². The second-order valence-electron chi connectivity index (χ2n) is 3.14. The van der Waals surface area contributed by atoms with Crippen LogP contribution < -0.4 is 0 Å². The van der Waals surface area contributed by atoms with Crippen molar-refractivity contribution in [1.82, 2.24) is 0 Å². The van der Waals surface area contributed by atoms with E-state index in [2.05, 4.69) is 6.08 Å². The number of aliphatic hydroxyl groups excluding tert-OH is 1. The molecule has 0 saturated carbocycles. The van der Waals surface area contributed by atoms with E-state index in [1.807, 2.05) is 30.3 Å². The quantitative estimate of drug-likeness (QED) is 0.738. The predicted octanol–water partition coefficient (Wildman–Crippen LogP) is 3.52. The Bertz CT molecular complexity index is 294. The number of hydrogen-bond donors (Lipinski definition) is 1. The van der Waals surface area contributed by atoms with Gasteiger partial charge in [0.05, 0.1) is 0 Å². The van der Waals surface area contributed by atoms with Crippen LogP contribution in [0.2, 0.25) is 5.02 Å². The highest BCUT2D eigenvalue weighted by molar-refractivity contribution is 6.32. The summed E-state index contributed by atoms with van der Waals surface area (Å²) in [6.07, 6.45) is 7.01. The molecule has 0 fully saturated rings. The molecule has 0 radical (unpaired) electrons. The zero-order chi connectivity index (χ0) is 10.2. The average molecular weight is 211 g/mol. The standard InChI is InChI=1S/C12H15ClO/c13-12-9-5-4-8-11(12)7-3-1-2-6-10-14/h3-5,7-9,14H,1-2,6,10H2/b7-3+. The summed E-state index contributed by atoms with van der Waals surface area (Å²) in [5, 5.41) is 9.36. The third-order valence-corrected chi connectivity index (χ3v) is 2.33. The van der Waals surface area contributed by atoms with Crippen LogP contribution in [0.5, 0.6) is 0 Å². The summed E-state index contributed by atoms with van der Waals surface area (Å²) in [7, 11) is 0. The van der Waals surface area contributed by atoms with Gasteiger partial charge in [-0.05, 0) is 30.9 Å². The van der Waals surface area contributed by atoms with Gasteiger partial charge in [0, 0.05) is 11.6 Å². The van der Waals surface area contributed by atoms with E-state index >= 15 is 0 Å². The topological polar surface area (TPSA) is 20.2 Å². The molecular formula is C12H15ClO. The van der Waals surface area contributed by atoms with Crippen molar-refractivity contribution in [2.75, 3.05) is 6.61 Å². The molecule has 0 bridgehead atoms. The summed E-state index contributed by atoms with van der Waals surface area (Å²) < 4.78 is 0. The van der Waals surface area contributed by atoms with Gasteiger partial charge >= 0.3 is 0 Å². The van der Waals surface area contributed by atoms with E-state index in [-0.39, 0.29) is 6.61 Å². The van der Waals surface area contributed by atoms with Gasteiger partial charge in [-0.25, -0.2) is 0 Å². The molecule has 1 rings (SSSR count). The molecule has 0 atom stereocenters. The Kier molecular flexibility index (Phi) is 5.35. The fraction of sp³-hybridized carbons (Fsp3) is 0.333. The first-order chi connectivity index (χ1) is 6.84. The van der Waals surface area contributed by atoms with Crippen LogP contribution in [0.3, 0.4) is 0 Å². The molecule has 1 N–H and O–H groups in total. The van der Waals surface area contributed by atoms with E-state index < -0.39 is 0 Å². The summed E-state index contributed by atoms with van der Waals surface area (Å²) in [5.74, 6) is 0. The van der Waals surface area contributed by atoms with Crippen molar-refractivity contribution in [3.05, 3.63) is 40.9 Å². The number of allylic oxidation sites excluding steroid dienone is 1. The van der Waals surface area contributed by atoms with Crippen LogP contribution >= 0.6 is 11.6 Å². The summed E-state index contributed by atoms with van der Waals surface area (Å²) in [4.78, 5) is 0. The first-order valence-corrected chi connectivity index (χ1v) is 5.24. The number of benzene rings is 1. The zero-order valence-corrected chi connectivity index (χ0v) is 8.87. The van der Waals surface area contributed by atoms with Crippen molar-refractivity contribution in [3.8, 4) is 0 Å². The Morgan fingerprint density at radius 3 is 2.71 bits per heavy atom. The Hall–Kier alpha value is -0.790. The lowest BCUT2D eigenvalue weighted by Crippen LogP contribution is -1.80. The van der Waals surface area contributed by atoms with E-state index in [0.29, 0.717) is 0 Å². The van der Waals surface area contributed by atoms with Crippen molar-refractivity contribution < 1.29 is 5.11 Å². The largest absolute Gasteiger partial charge is 0.396 e. The minimum absolute atomic E-state index is 0.278. The molecule has 0 unspecified atom stereocenters. The fourth-order valence-electron chi connectivity index (χ4n) is 1.19. The van der Waals surface area contributed by atoms with Gasteiger partial charge in [0.25, 0.3) is 0 Å². The van der Waals surface area contributed by atoms with Gasteiger partial charge < -0.3 is 5.11 Å². The number of hydrogen-bond acceptors (Lipinski definition) is 1. The maximum absolute atomic E-state index is 8.58. The van der Waals surface area contributed by atoms with Gasteiger partial charge in [0.1, 0.15) is 0 Å². The second-order valence-corrected chi connectivity index (χ2v) is 3.55. The molecule has 0 spiro atoms. The lowest BCUT2D eigenvalue weighted by molar-refractivity contribution is 0.285. The van der Waals surface area contributed by atoms with Gasteiger partial charge in [-0.15, -0.1) is 0 Å².